The first-order valence-corrected chi connectivity index (χ1v) is 6.92. The molecule has 0 unspecified atom stereocenters. The Morgan fingerprint density at radius 2 is 2.25 bits per heavy atom. The first kappa shape index (κ1) is 15.2. The minimum Gasteiger partial charge on any atom is -0.460 e. The van der Waals surface area contributed by atoms with Gasteiger partial charge in [-0.15, -0.1) is 11.3 Å². The second-order valence-corrected chi connectivity index (χ2v) is 5.78. The summed E-state index contributed by atoms with van der Waals surface area (Å²) in [5.41, 5.74) is -0.532. The van der Waals surface area contributed by atoms with E-state index in [0.29, 0.717) is 4.34 Å². The Morgan fingerprint density at radius 3 is 2.75 bits per heavy atom. The Morgan fingerprint density at radius 1 is 1.55 bits per heavy atom. The molecule has 0 aromatic carbocycles. The lowest BCUT2D eigenvalue weighted by atomic mass is 10.3. The zero-order valence-corrected chi connectivity index (χ0v) is 12.3. The molecule has 20 heavy (non-hydrogen) atoms. The van der Waals surface area contributed by atoms with E-state index in [9.17, 15) is 13.6 Å². The number of ether oxygens (including phenoxy) is 1. The van der Waals surface area contributed by atoms with E-state index < -0.39 is 23.8 Å². The highest BCUT2D eigenvalue weighted by Crippen LogP contribution is 2.39. The Balaban J connectivity index is 2.49. The topological polar surface area (TPSA) is 52.3 Å². The largest absolute Gasteiger partial charge is 0.460 e. The van der Waals surface area contributed by atoms with Crippen molar-refractivity contribution >= 4 is 40.5 Å². The molecule has 0 spiro atoms. The van der Waals surface area contributed by atoms with Crippen LogP contribution in [-0.2, 0) is 4.74 Å². The lowest BCUT2D eigenvalue weighted by molar-refractivity contribution is 0.0476. The van der Waals surface area contributed by atoms with Crippen molar-refractivity contribution in [2.75, 3.05) is 6.61 Å². The first-order valence-electron chi connectivity index (χ1n) is 5.35. The molecular weight excluding hydrogens is 335 g/mol. The third-order valence-electron chi connectivity index (χ3n) is 2.21. The van der Waals surface area contributed by atoms with Gasteiger partial charge in [-0.25, -0.2) is 18.6 Å². The molecule has 0 radical (unpaired) electrons. The highest BCUT2D eigenvalue weighted by Gasteiger charge is 2.29. The number of alkyl halides is 2. The van der Waals surface area contributed by atoms with Gasteiger partial charge in [-0.05, 0) is 13.0 Å². The van der Waals surface area contributed by atoms with Crippen LogP contribution in [0.1, 0.15) is 29.6 Å². The third-order valence-corrected chi connectivity index (χ3v) is 3.70. The van der Waals surface area contributed by atoms with Gasteiger partial charge < -0.3 is 9.15 Å². The molecule has 0 saturated heterocycles. The number of hydrogen-bond donors (Lipinski definition) is 0. The summed E-state index contributed by atoms with van der Waals surface area (Å²) in [6.45, 7) is 1.58. The van der Waals surface area contributed by atoms with Crippen molar-refractivity contribution in [1.29, 1.82) is 0 Å². The summed E-state index contributed by atoms with van der Waals surface area (Å²) >= 11 is 12.7. The molecule has 0 atom stereocenters. The summed E-state index contributed by atoms with van der Waals surface area (Å²) in [5, 5.41) is 0. The number of aromatic nitrogens is 1. The molecule has 4 nitrogen and oxygen atoms in total. The number of esters is 1. The van der Waals surface area contributed by atoms with Gasteiger partial charge in [0, 0.05) is 0 Å². The Bertz CT molecular complexity index is 642. The van der Waals surface area contributed by atoms with Gasteiger partial charge >= 0.3 is 5.97 Å². The molecule has 0 fully saturated rings. The highest BCUT2D eigenvalue weighted by molar-refractivity contribution is 7.20. The predicted molar refractivity (Wildman–Crippen MR) is 70.7 cm³/mol. The Kier molecular flexibility index (Phi) is 4.62. The summed E-state index contributed by atoms with van der Waals surface area (Å²) in [7, 11) is 0. The van der Waals surface area contributed by atoms with Crippen molar-refractivity contribution < 1.29 is 22.7 Å². The standard InChI is InChI=1S/C11H7Cl2F2NO3S/c1-2-18-11(17)7-6(9(14)15)16-10(19-7)4-3-5(12)20-8(4)13/h3,9H,2H2,1H3. The van der Waals surface area contributed by atoms with E-state index in [1.807, 2.05) is 0 Å². The maximum Gasteiger partial charge on any atom is 0.376 e. The SMILES string of the molecule is CCOC(=O)c1oc(-c2cc(Cl)sc2Cl)nc1C(F)F. The molecule has 0 amide bonds. The van der Waals surface area contributed by atoms with Crippen LogP contribution in [0.2, 0.25) is 8.67 Å². The fraction of sp³-hybridized carbons (Fsp3) is 0.273. The molecular formula is C11H7Cl2F2NO3S. The summed E-state index contributed by atoms with van der Waals surface area (Å²) < 4.78 is 36.0. The zero-order valence-electron chi connectivity index (χ0n) is 9.95. The lowest BCUT2D eigenvalue weighted by Gasteiger charge is -1.99. The maximum atomic E-state index is 12.9. The molecule has 2 aromatic heterocycles. The van der Waals surface area contributed by atoms with Crippen molar-refractivity contribution in [2.24, 2.45) is 0 Å². The van der Waals surface area contributed by atoms with Crippen LogP contribution in [0.5, 0.6) is 0 Å². The van der Waals surface area contributed by atoms with Gasteiger partial charge in [0.15, 0.2) is 5.69 Å². The Hall–Kier alpha value is -1.18. The van der Waals surface area contributed by atoms with Crippen LogP contribution in [0.25, 0.3) is 11.5 Å². The molecule has 2 heterocycles. The molecule has 0 N–H and O–H groups in total. The summed E-state index contributed by atoms with van der Waals surface area (Å²) in [4.78, 5) is 15.2. The van der Waals surface area contributed by atoms with Crippen LogP contribution in [0, 0.1) is 0 Å². The average Bonchev–Trinajstić information content (AvgIpc) is 2.93. The number of oxazole rings is 1. The molecule has 0 bridgehead atoms. The van der Waals surface area contributed by atoms with Gasteiger partial charge in [0.25, 0.3) is 6.43 Å². The van der Waals surface area contributed by atoms with Crippen LogP contribution < -0.4 is 0 Å². The molecule has 0 saturated carbocycles. The van der Waals surface area contributed by atoms with E-state index in [1.165, 1.54) is 6.07 Å². The van der Waals surface area contributed by atoms with Crippen molar-refractivity contribution in [3.05, 3.63) is 26.2 Å². The number of thiophene rings is 1. The van der Waals surface area contributed by atoms with Gasteiger partial charge in [-0.1, -0.05) is 23.2 Å². The third kappa shape index (κ3) is 2.94. The second-order valence-electron chi connectivity index (χ2n) is 3.49. The molecule has 108 valence electrons. The van der Waals surface area contributed by atoms with Gasteiger partial charge in [0.05, 0.1) is 16.5 Å². The normalized spacial score (nSPS) is 11.1. The first-order chi connectivity index (χ1) is 9.43. The summed E-state index contributed by atoms with van der Waals surface area (Å²) in [5.74, 6) is -1.83. The second kappa shape index (κ2) is 6.07. The van der Waals surface area contributed by atoms with Crippen LogP contribution >= 0.6 is 34.5 Å². The molecule has 0 aliphatic heterocycles. The van der Waals surface area contributed by atoms with E-state index in [1.54, 1.807) is 6.92 Å². The molecule has 2 rings (SSSR count). The van der Waals surface area contributed by atoms with Crippen LogP contribution in [0.3, 0.4) is 0 Å². The number of carbonyl (C=O) groups excluding carboxylic acids is 1. The quantitative estimate of drug-likeness (QED) is 0.747. The fourth-order valence-electron chi connectivity index (χ4n) is 1.42. The van der Waals surface area contributed by atoms with Crippen LogP contribution in [-0.4, -0.2) is 17.6 Å². The molecule has 0 aliphatic rings. The van der Waals surface area contributed by atoms with Crippen LogP contribution in [0.4, 0.5) is 8.78 Å². The van der Waals surface area contributed by atoms with Gasteiger partial charge in [0.1, 0.15) is 4.34 Å². The van der Waals surface area contributed by atoms with Crippen LogP contribution in [0.15, 0.2) is 10.5 Å². The van der Waals surface area contributed by atoms with Crippen molar-refractivity contribution in [3.63, 3.8) is 0 Å². The van der Waals surface area contributed by atoms with Gasteiger partial charge in [-0.2, -0.15) is 0 Å². The smallest absolute Gasteiger partial charge is 0.376 e. The van der Waals surface area contributed by atoms with Crippen molar-refractivity contribution in [1.82, 2.24) is 4.98 Å². The number of carbonyl (C=O) groups is 1. The number of rotatable bonds is 4. The zero-order chi connectivity index (χ0) is 14.9. The van der Waals surface area contributed by atoms with Crippen molar-refractivity contribution in [3.8, 4) is 11.5 Å². The van der Waals surface area contributed by atoms with Gasteiger partial charge in [0.2, 0.25) is 11.7 Å². The van der Waals surface area contributed by atoms with E-state index in [-0.39, 0.29) is 22.4 Å². The fourth-order valence-corrected chi connectivity index (χ4v) is 2.87. The van der Waals surface area contributed by atoms with E-state index in [0.717, 1.165) is 11.3 Å². The molecule has 0 aliphatic carbocycles. The Labute approximate surface area is 126 Å². The van der Waals surface area contributed by atoms with E-state index >= 15 is 0 Å². The summed E-state index contributed by atoms with van der Waals surface area (Å²) in [6, 6.07) is 1.42. The molecule has 9 heteroatoms. The number of nitrogens with zero attached hydrogens (tertiary/aromatic N) is 1. The minimum atomic E-state index is -2.97. The number of halogens is 4. The van der Waals surface area contributed by atoms with Crippen molar-refractivity contribution in [2.45, 2.75) is 13.3 Å². The van der Waals surface area contributed by atoms with E-state index in [2.05, 4.69) is 9.72 Å². The lowest BCUT2D eigenvalue weighted by Crippen LogP contribution is -2.06. The minimum absolute atomic E-state index is 0.0303. The highest BCUT2D eigenvalue weighted by atomic mass is 35.5. The number of hydrogen-bond acceptors (Lipinski definition) is 5. The molecule has 2 aromatic rings. The predicted octanol–water partition coefficient (Wildman–Crippen LogP) is 4.82. The summed E-state index contributed by atoms with van der Waals surface area (Å²) in [6.07, 6.45) is -2.97. The average molecular weight is 342 g/mol. The monoisotopic (exact) mass is 341 g/mol. The van der Waals surface area contributed by atoms with E-state index in [4.69, 9.17) is 27.6 Å². The maximum absolute atomic E-state index is 12.9. The van der Waals surface area contributed by atoms with Gasteiger partial charge in [-0.3, -0.25) is 0 Å².